The van der Waals surface area contributed by atoms with Crippen LogP contribution in [0, 0.1) is 0 Å². The molecule has 1 saturated heterocycles. The third kappa shape index (κ3) is 5.45. The van der Waals surface area contributed by atoms with Crippen molar-refractivity contribution < 1.29 is 17.7 Å². The van der Waals surface area contributed by atoms with E-state index in [1.54, 1.807) is 19.4 Å². The zero-order chi connectivity index (χ0) is 20.7. The Labute approximate surface area is 170 Å². The first kappa shape index (κ1) is 21.1. The van der Waals surface area contributed by atoms with Gasteiger partial charge in [0.2, 0.25) is 15.9 Å². The molecule has 158 valence electrons. The number of pyridine rings is 1. The number of piperazine rings is 1. The van der Waals surface area contributed by atoms with Crippen molar-refractivity contribution in [1.29, 1.82) is 0 Å². The predicted molar refractivity (Wildman–Crippen MR) is 108 cm³/mol. The highest BCUT2D eigenvalue weighted by Gasteiger charge is 2.29. The van der Waals surface area contributed by atoms with Crippen molar-refractivity contribution in [2.75, 3.05) is 39.8 Å². The van der Waals surface area contributed by atoms with Crippen molar-refractivity contribution in [2.45, 2.75) is 19.2 Å². The standard InChI is InChI=1S/C18H26N6O4S/c1-3-19-18(21-13-15-5-4-7-20-17(15)27-2)23-8-10-24(11-9-23)29(25,26)14-16-6-12-28-22-16/h4-7,12H,3,8-11,13-14H2,1-2H3,(H,19,21). The van der Waals surface area contributed by atoms with E-state index in [2.05, 4.69) is 25.3 Å². The van der Waals surface area contributed by atoms with Gasteiger partial charge >= 0.3 is 0 Å². The normalized spacial score (nSPS) is 16.1. The van der Waals surface area contributed by atoms with Crippen molar-refractivity contribution in [1.82, 2.24) is 24.7 Å². The number of nitrogens with one attached hydrogen (secondary N) is 1. The average molecular weight is 423 g/mol. The Morgan fingerprint density at radius 3 is 2.76 bits per heavy atom. The number of aromatic nitrogens is 2. The van der Waals surface area contributed by atoms with Gasteiger partial charge in [0, 0.05) is 50.6 Å². The molecule has 0 amide bonds. The van der Waals surface area contributed by atoms with Crippen LogP contribution in [0.2, 0.25) is 0 Å². The number of ether oxygens (including phenoxy) is 1. The van der Waals surface area contributed by atoms with Gasteiger partial charge in [0.05, 0.1) is 19.3 Å². The quantitative estimate of drug-likeness (QED) is 0.512. The second-order valence-corrected chi connectivity index (χ2v) is 8.44. The van der Waals surface area contributed by atoms with Gasteiger partial charge in [-0.15, -0.1) is 0 Å². The van der Waals surface area contributed by atoms with Crippen LogP contribution in [0.1, 0.15) is 18.2 Å². The summed E-state index contributed by atoms with van der Waals surface area (Å²) in [5.74, 6) is 1.14. The van der Waals surface area contributed by atoms with E-state index >= 15 is 0 Å². The summed E-state index contributed by atoms with van der Waals surface area (Å²) in [6, 6.07) is 5.34. The van der Waals surface area contributed by atoms with E-state index in [9.17, 15) is 8.42 Å². The molecule has 0 spiro atoms. The van der Waals surface area contributed by atoms with Gasteiger partial charge in [0.15, 0.2) is 5.96 Å². The van der Waals surface area contributed by atoms with Crippen LogP contribution in [0.3, 0.4) is 0 Å². The zero-order valence-electron chi connectivity index (χ0n) is 16.6. The number of guanidine groups is 1. The molecule has 0 unspecified atom stereocenters. The van der Waals surface area contributed by atoms with E-state index in [1.807, 2.05) is 19.1 Å². The van der Waals surface area contributed by atoms with Crippen LogP contribution in [0.5, 0.6) is 5.88 Å². The van der Waals surface area contributed by atoms with Gasteiger partial charge in [0.25, 0.3) is 0 Å². The van der Waals surface area contributed by atoms with Crippen LogP contribution in [0.15, 0.2) is 40.2 Å². The highest BCUT2D eigenvalue weighted by atomic mass is 32.2. The van der Waals surface area contributed by atoms with Gasteiger partial charge in [-0.2, -0.15) is 4.31 Å². The van der Waals surface area contributed by atoms with Gasteiger partial charge in [-0.3, -0.25) is 0 Å². The second-order valence-electron chi connectivity index (χ2n) is 6.48. The molecule has 11 heteroatoms. The van der Waals surface area contributed by atoms with Crippen molar-refractivity contribution in [2.24, 2.45) is 4.99 Å². The van der Waals surface area contributed by atoms with Crippen molar-refractivity contribution in [3.05, 3.63) is 41.9 Å². The molecule has 3 heterocycles. The van der Waals surface area contributed by atoms with Crippen LogP contribution in [-0.2, 0) is 22.3 Å². The maximum atomic E-state index is 12.6. The molecule has 1 aliphatic heterocycles. The molecule has 0 bridgehead atoms. The van der Waals surface area contributed by atoms with Crippen LogP contribution in [0.25, 0.3) is 0 Å². The first-order chi connectivity index (χ1) is 14.0. The fourth-order valence-electron chi connectivity index (χ4n) is 3.08. The SMILES string of the molecule is CCNC(=NCc1cccnc1OC)N1CCN(S(=O)(=O)Cc2ccon2)CC1. The minimum Gasteiger partial charge on any atom is -0.481 e. The Hall–Kier alpha value is -2.66. The lowest BCUT2D eigenvalue weighted by atomic mass is 10.3. The lowest BCUT2D eigenvalue weighted by molar-refractivity contribution is 0.259. The van der Waals surface area contributed by atoms with Gasteiger partial charge in [-0.1, -0.05) is 11.2 Å². The number of hydrogen-bond donors (Lipinski definition) is 1. The topological polar surface area (TPSA) is 113 Å². The first-order valence-corrected chi connectivity index (χ1v) is 11.0. The maximum absolute atomic E-state index is 12.6. The van der Waals surface area contributed by atoms with Crippen molar-refractivity contribution in [3.8, 4) is 5.88 Å². The lowest BCUT2D eigenvalue weighted by Crippen LogP contribution is -2.53. The highest BCUT2D eigenvalue weighted by molar-refractivity contribution is 7.88. The van der Waals surface area contributed by atoms with Crippen LogP contribution in [0.4, 0.5) is 0 Å². The summed E-state index contributed by atoms with van der Waals surface area (Å²) in [5, 5.41) is 6.97. The molecule has 0 atom stereocenters. The highest BCUT2D eigenvalue weighted by Crippen LogP contribution is 2.16. The number of nitrogens with zero attached hydrogens (tertiary/aromatic N) is 5. The van der Waals surface area contributed by atoms with Crippen LogP contribution < -0.4 is 10.1 Å². The monoisotopic (exact) mass is 422 g/mol. The van der Waals surface area contributed by atoms with Crippen LogP contribution >= 0.6 is 0 Å². The molecule has 29 heavy (non-hydrogen) atoms. The fraction of sp³-hybridized carbons (Fsp3) is 0.500. The Bertz CT molecular complexity index is 908. The van der Waals surface area contributed by atoms with Crippen molar-refractivity contribution >= 4 is 16.0 Å². The van der Waals surface area contributed by atoms with E-state index in [0.29, 0.717) is 50.8 Å². The number of aliphatic imine (C=N–C) groups is 1. The van der Waals surface area contributed by atoms with Gasteiger partial charge in [-0.25, -0.2) is 18.4 Å². The predicted octanol–water partition coefficient (Wildman–Crippen LogP) is 0.691. The Morgan fingerprint density at radius 2 is 2.10 bits per heavy atom. The maximum Gasteiger partial charge on any atom is 0.220 e. The zero-order valence-corrected chi connectivity index (χ0v) is 17.4. The molecular weight excluding hydrogens is 396 g/mol. The summed E-state index contributed by atoms with van der Waals surface area (Å²) in [6.07, 6.45) is 3.05. The number of rotatable bonds is 7. The number of methoxy groups -OCH3 is 1. The van der Waals surface area contributed by atoms with Gasteiger partial charge in [-0.05, 0) is 13.0 Å². The molecular formula is C18H26N6O4S. The van der Waals surface area contributed by atoms with E-state index < -0.39 is 10.0 Å². The fourth-order valence-corrected chi connectivity index (χ4v) is 4.51. The third-order valence-electron chi connectivity index (χ3n) is 4.53. The van der Waals surface area contributed by atoms with Gasteiger partial charge < -0.3 is 19.5 Å². The molecule has 1 aliphatic rings. The molecule has 1 N–H and O–H groups in total. The van der Waals surface area contributed by atoms with E-state index in [1.165, 1.54) is 10.6 Å². The molecule has 2 aromatic rings. The smallest absolute Gasteiger partial charge is 0.220 e. The van der Waals surface area contributed by atoms with E-state index in [-0.39, 0.29) is 5.75 Å². The Kier molecular flexibility index (Phi) is 7.04. The van der Waals surface area contributed by atoms with Gasteiger partial charge in [0.1, 0.15) is 12.0 Å². The van der Waals surface area contributed by atoms with E-state index in [4.69, 9.17) is 9.26 Å². The molecule has 3 rings (SSSR count). The Morgan fingerprint density at radius 1 is 1.31 bits per heavy atom. The molecule has 0 radical (unpaired) electrons. The second kappa shape index (κ2) is 9.70. The van der Waals surface area contributed by atoms with E-state index in [0.717, 1.165) is 11.5 Å². The average Bonchev–Trinajstić information content (AvgIpc) is 3.23. The summed E-state index contributed by atoms with van der Waals surface area (Å²) in [5.41, 5.74) is 1.30. The number of sulfonamides is 1. The molecule has 0 aliphatic carbocycles. The summed E-state index contributed by atoms with van der Waals surface area (Å²) >= 11 is 0. The largest absolute Gasteiger partial charge is 0.481 e. The minimum atomic E-state index is -3.43. The Balaban J connectivity index is 1.63. The summed E-state index contributed by atoms with van der Waals surface area (Å²) in [6.45, 7) is 5.01. The number of hydrogen-bond acceptors (Lipinski definition) is 7. The molecule has 1 fully saturated rings. The summed E-state index contributed by atoms with van der Waals surface area (Å²) < 4.78 is 36.7. The first-order valence-electron chi connectivity index (χ1n) is 9.41. The van der Waals surface area contributed by atoms with Crippen LogP contribution in [-0.4, -0.2) is 73.6 Å². The molecule has 0 saturated carbocycles. The third-order valence-corrected chi connectivity index (χ3v) is 6.34. The molecule has 0 aromatic carbocycles. The summed E-state index contributed by atoms with van der Waals surface area (Å²) in [4.78, 5) is 10.9. The lowest BCUT2D eigenvalue weighted by Gasteiger charge is -2.35. The molecule has 2 aromatic heterocycles. The molecule has 10 nitrogen and oxygen atoms in total. The minimum absolute atomic E-state index is 0.154. The van der Waals surface area contributed by atoms with Crippen molar-refractivity contribution in [3.63, 3.8) is 0 Å². The summed E-state index contributed by atoms with van der Waals surface area (Å²) in [7, 11) is -1.85.